The fourth-order valence-electron chi connectivity index (χ4n) is 3.06. The minimum Gasteiger partial charge on any atom is -0.237 e. The Balaban J connectivity index is 1.91. The highest BCUT2D eigenvalue weighted by molar-refractivity contribution is 5.87. The van der Waals surface area contributed by atoms with E-state index in [1.54, 1.807) is 12.4 Å². The molecule has 116 valence electrons. The van der Waals surface area contributed by atoms with Gasteiger partial charge in [-0.3, -0.25) is 0 Å². The second-order valence-corrected chi connectivity index (χ2v) is 6.00. The van der Waals surface area contributed by atoms with Gasteiger partial charge < -0.3 is 0 Å². The zero-order chi connectivity index (χ0) is 16.5. The second-order valence-electron chi connectivity index (χ2n) is 6.00. The molecule has 0 amide bonds. The molecule has 2 aromatic carbocycles. The van der Waals surface area contributed by atoms with Crippen molar-refractivity contribution in [1.82, 2.24) is 9.97 Å². The predicted molar refractivity (Wildman–Crippen MR) is 96.3 cm³/mol. The molecule has 0 aliphatic carbocycles. The van der Waals surface area contributed by atoms with E-state index in [-0.39, 0.29) is 0 Å². The molecule has 0 saturated heterocycles. The molecule has 0 bridgehead atoms. The summed E-state index contributed by atoms with van der Waals surface area (Å²) in [7, 11) is 2.09. The van der Waals surface area contributed by atoms with Gasteiger partial charge in [-0.2, -0.15) is 0 Å². The number of aryl methyl sites for hydroxylation is 2. The highest BCUT2D eigenvalue weighted by Gasteiger charge is 2.14. The number of hydrogen-bond acceptors (Lipinski definition) is 2. The van der Waals surface area contributed by atoms with Gasteiger partial charge in [0.05, 0.1) is 0 Å². The molecule has 2 heterocycles. The second kappa shape index (κ2) is 5.85. The number of benzene rings is 2. The third-order valence-electron chi connectivity index (χ3n) is 4.34. The van der Waals surface area contributed by atoms with Crippen molar-refractivity contribution in [2.75, 3.05) is 0 Å². The number of pyridine rings is 1. The Hall–Kier alpha value is -3.07. The normalized spacial score (nSPS) is 10.9. The summed E-state index contributed by atoms with van der Waals surface area (Å²) in [4.78, 5) is 8.70. The largest absolute Gasteiger partial charge is 0.237 e. The van der Waals surface area contributed by atoms with Crippen molar-refractivity contribution in [3.63, 3.8) is 0 Å². The molecule has 4 rings (SSSR count). The van der Waals surface area contributed by atoms with Crippen molar-refractivity contribution in [1.29, 1.82) is 0 Å². The Morgan fingerprint density at radius 2 is 1.62 bits per heavy atom. The molecular weight excluding hydrogens is 294 g/mol. The number of rotatable bonds is 2. The van der Waals surface area contributed by atoms with Crippen molar-refractivity contribution in [3.8, 4) is 22.6 Å². The van der Waals surface area contributed by atoms with Crippen LogP contribution in [0, 0.1) is 6.92 Å². The van der Waals surface area contributed by atoms with Crippen LogP contribution in [-0.2, 0) is 7.05 Å². The van der Waals surface area contributed by atoms with E-state index in [9.17, 15) is 0 Å². The number of nitrogens with zero attached hydrogens (tertiary/aromatic N) is 3. The van der Waals surface area contributed by atoms with Crippen LogP contribution in [0.15, 0.2) is 73.2 Å². The lowest BCUT2D eigenvalue weighted by atomic mass is 10.0. The van der Waals surface area contributed by atoms with Crippen LogP contribution in [0.5, 0.6) is 0 Å². The van der Waals surface area contributed by atoms with E-state index in [2.05, 4.69) is 83.2 Å². The van der Waals surface area contributed by atoms with E-state index in [0.29, 0.717) is 0 Å². The van der Waals surface area contributed by atoms with Crippen LogP contribution < -0.4 is 4.57 Å². The first-order chi connectivity index (χ1) is 11.7. The molecule has 0 N–H and O–H groups in total. The highest BCUT2D eigenvalue weighted by Crippen LogP contribution is 2.26. The predicted octanol–water partition coefficient (Wildman–Crippen LogP) is 4.10. The number of hydrogen-bond donors (Lipinski definition) is 0. The average Bonchev–Trinajstić information content (AvgIpc) is 2.62. The summed E-state index contributed by atoms with van der Waals surface area (Å²) >= 11 is 0. The Morgan fingerprint density at radius 1 is 0.833 bits per heavy atom. The molecule has 0 aliphatic heterocycles. The summed E-state index contributed by atoms with van der Waals surface area (Å²) in [6, 6.07) is 18.9. The van der Waals surface area contributed by atoms with Gasteiger partial charge in [-0.05, 0) is 42.1 Å². The summed E-state index contributed by atoms with van der Waals surface area (Å²) in [6.45, 7) is 2.15. The average molecular weight is 312 g/mol. The van der Waals surface area contributed by atoms with Crippen molar-refractivity contribution in [2.24, 2.45) is 7.05 Å². The molecule has 24 heavy (non-hydrogen) atoms. The molecule has 0 aliphatic rings. The van der Waals surface area contributed by atoms with Gasteiger partial charge >= 0.3 is 0 Å². The van der Waals surface area contributed by atoms with E-state index in [1.807, 2.05) is 6.07 Å². The Labute approximate surface area is 141 Å². The zero-order valence-corrected chi connectivity index (χ0v) is 13.8. The molecule has 3 nitrogen and oxygen atoms in total. The van der Waals surface area contributed by atoms with E-state index in [0.717, 1.165) is 11.4 Å². The highest BCUT2D eigenvalue weighted by atomic mass is 14.9. The Bertz CT molecular complexity index is 1020. The molecule has 4 aromatic rings. The first-order valence-electron chi connectivity index (χ1n) is 7.99. The lowest BCUT2D eigenvalue weighted by molar-refractivity contribution is -0.659. The van der Waals surface area contributed by atoms with Gasteiger partial charge in [0.15, 0.2) is 12.0 Å². The van der Waals surface area contributed by atoms with Crippen LogP contribution in [0.4, 0.5) is 0 Å². The van der Waals surface area contributed by atoms with Crippen LogP contribution in [0.2, 0.25) is 0 Å². The minimum atomic E-state index is 0.755. The van der Waals surface area contributed by atoms with Crippen molar-refractivity contribution >= 4 is 10.8 Å². The van der Waals surface area contributed by atoms with Gasteiger partial charge in [0.25, 0.3) is 0 Å². The van der Waals surface area contributed by atoms with Gasteiger partial charge in [0.1, 0.15) is 7.05 Å². The molecular formula is C21H18N3+. The third-order valence-corrected chi connectivity index (χ3v) is 4.34. The van der Waals surface area contributed by atoms with Crippen LogP contribution in [0.1, 0.15) is 5.56 Å². The molecule has 0 atom stereocenters. The summed E-state index contributed by atoms with van der Waals surface area (Å²) in [5.74, 6) is 0.755. The van der Waals surface area contributed by atoms with Crippen LogP contribution in [-0.4, -0.2) is 9.97 Å². The van der Waals surface area contributed by atoms with Crippen LogP contribution in [0.3, 0.4) is 0 Å². The maximum absolute atomic E-state index is 4.35. The summed E-state index contributed by atoms with van der Waals surface area (Å²) in [5.41, 5.74) is 4.76. The zero-order valence-electron chi connectivity index (χ0n) is 13.8. The maximum Gasteiger partial charge on any atom is 0.213 e. The Morgan fingerprint density at radius 3 is 2.42 bits per heavy atom. The van der Waals surface area contributed by atoms with E-state index in [4.69, 9.17) is 0 Å². The van der Waals surface area contributed by atoms with Gasteiger partial charge in [-0.1, -0.05) is 24.3 Å². The Kier molecular flexibility index (Phi) is 3.54. The quantitative estimate of drug-likeness (QED) is 0.522. The lowest BCUT2D eigenvalue weighted by Crippen LogP contribution is -2.30. The van der Waals surface area contributed by atoms with Gasteiger partial charge in [0.2, 0.25) is 5.69 Å². The summed E-state index contributed by atoms with van der Waals surface area (Å²) < 4.78 is 2.18. The topological polar surface area (TPSA) is 29.7 Å². The summed E-state index contributed by atoms with van der Waals surface area (Å²) in [6.07, 6.45) is 5.72. The smallest absolute Gasteiger partial charge is 0.213 e. The molecule has 0 unspecified atom stereocenters. The van der Waals surface area contributed by atoms with E-state index in [1.165, 1.54) is 27.6 Å². The molecule has 0 fully saturated rings. The molecule has 0 saturated carbocycles. The van der Waals surface area contributed by atoms with Gasteiger partial charge in [0, 0.05) is 35.0 Å². The van der Waals surface area contributed by atoms with Gasteiger partial charge in [-0.15, -0.1) is 0 Å². The third kappa shape index (κ3) is 2.54. The fourth-order valence-corrected chi connectivity index (χ4v) is 3.06. The maximum atomic E-state index is 4.35. The number of aromatic nitrogens is 3. The first-order valence-corrected chi connectivity index (χ1v) is 7.99. The van der Waals surface area contributed by atoms with Crippen LogP contribution in [0.25, 0.3) is 33.4 Å². The standard InChI is InChI=1S/C21H18N3/c1-15-6-3-4-7-19(15)20-13-18-12-16(21-22-10-5-11-23-21)8-9-17(18)14-24(20)2/h3-14H,1-2H3/q+1. The first kappa shape index (κ1) is 14.5. The van der Waals surface area contributed by atoms with Crippen molar-refractivity contribution in [2.45, 2.75) is 6.92 Å². The van der Waals surface area contributed by atoms with E-state index < -0.39 is 0 Å². The lowest BCUT2D eigenvalue weighted by Gasteiger charge is -2.07. The monoisotopic (exact) mass is 312 g/mol. The molecule has 0 spiro atoms. The molecule has 3 heteroatoms. The SMILES string of the molecule is Cc1ccccc1-c1cc2cc(-c3ncccn3)ccc2c[n+]1C. The van der Waals surface area contributed by atoms with E-state index >= 15 is 0 Å². The summed E-state index contributed by atoms with van der Waals surface area (Å²) in [5, 5.41) is 2.39. The molecule has 0 radical (unpaired) electrons. The van der Waals surface area contributed by atoms with Crippen LogP contribution >= 0.6 is 0 Å². The minimum absolute atomic E-state index is 0.755. The van der Waals surface area contributed by atoms with Crippen molar-refractivity contribution < 1.29 is 4.57 Å². The fraction of sp³-hybridized carbons (Fsp3) is 0.0952. The molecule has 2 aromatic heterocycles. The number of fused-ring (bicyclic) bond motifs is 1. The van der Waals surface area contributed by atoms with Crippen molar-refractivity contribution in [3.05, 3.63) is 78.8 Å². The van der Waals surface area contributed by atoms with Gasteiger partial charge in [-0.25, -0.2) is 14.5 Å².